The summed E-state index contributed by atoms with van der Waals surface area (Å²) in [7, 11) is 0. The molecule has 0 saturated heterocycles. The molecule has 3 heteroatoms. The van der Waals surface area contributed by atoms with Crippen molar-refractivity contribution < 1.29 is 0 Å². The van der Waals surface area contributed by atoms with Crippen LogP contribution in [0.2, 0.25) is 0 Å². The summed E-state index contributed by atoms with van der Waals surface area (Å²) >= 11 is 2.34. The molecule has 3 rings (SSSR count). The number of pyridine rings is 1. The molecule has 1 aromatic carbocycles. The van der Waals surface area contributed by atoms with E-state index >= 15 is 0 Å². The molecule has 16 heavy (non-hydrogen) atoms. The van der Waals surface area contributed by atoms with Gasteiger partial charge in [-0.1, -0.05) is 36.4 Å². The van der Waals surface area contributed by atoms with E-state index in [-0.39, 0.29) is 0 Å². The van der Waals surface area contributed by atoms with Crippen LogP contribution in [0.1, 0.15) is 0 Å². The summed E-state index contributed by atoms with van der Waals surface area (Å²) in [5, 5.41) is 0. The Morgan fingerprint density at radius 2 is 1.69 bits per heavy atom. The average Bonchev–Trinajstić information content (AvgIpc) is 2.69. The highest BCUT2D eigenvalue weighted by molar-refractivity contribution is 14.1. The SMILES string of the molecule is Ic1c(-c2ccccc2)nc2ccccn12. The smallest absolute Gasteiger partial charge is 0.138 e. The van der Waals surface area contributed by atoms with Crippen molar-refractivity contribution in [3.05, 3.63) is 58.4 Å². The van der Waals surface area contributed by atoms with Crippen molar-refractivity contribution in [2.75, 3.05) is 0 Å². The number of fused-ring (bicyclic) bond motifs is 1. The van der Waals surface area contributed by atoms with Gasteiger partial charge in [-0.2, -0.15) is 0 Å². The molecule has 2 nitrogen and oxygen atoms in total. The second-order valence-electron chi connectivity index (χ2n) is 3.55. The summed E-state index contributed by atoms with van der Waals surface area (Å²) in [5.74, 6) is 0. The molecule has 0 spiro atoms. The van der Waals surface area contributed by atoms with Gasteiger partial charge in [0.1, 0.15) is 15.0 Å². The van der Waals surface area contributed by atoms with Gasteiger partial charge < -0.3 is 0 Å². The van der Waals surface area contributed by atoms with Crippen LogP contribution in [0.3, 0.4) is 0 Å². The molecule has 0 atom stereocenters. The molecule has 0 amide bonds. The first-order chi connectivity index (χ1) is 7.86. The van der Waals surface area contributed by atoms with Crippen molar-refractivity contribution in [3.63, 3.8) is 0 Å². The lowest BCUT2D eigenvalue weighted by Gasteiger charge is -1.96. The molecule has 0 radical (unpaired) electrons. The molecule has 2 aromatic heterocycles. The molecule has 78 valence electrons. The number of hydrogen-bond acceptors (Lipinski definition) is 1. The summed E-state index contributed by atoms with van der Waals surface area (Å²) in [6, 6.07) is 16.3. The van der Waals surface area contributed by atoms with Gasteiger partial charge in [0.2, 0.25) is 0 Å². The summed E-state index contributed by atoms with van der Waals surface area (Å²) < 4.78 is 3.25. The molecule has 0 fully saturated rings. The summed E-state index contributed by atoms with van der Waals surface area (Å²) in [6.45, 7) is 0. The lowest BCUT2D eigenvalue weighted by Crippen LogP contribution is -1.85. The second-order valence-corrected chi connectivity index (χ2v) is 4.57. The molecular weight excluding hydrogens is 311 g/mol. The molecular formula is C13H9IN2. The highest BCUT2D eigenvalue weighted by atomic mass is 127. The maximum atomic E-state index is 4.64. The molecule has 2 heterocycles. The predicted octanol–water partition coefficient (Wildman–Crippen LogP) is 3.61. The molecule has 0 saturated carbocycles. The number of halogens is 1. The standard InChI is InChI=1S/C13H9IN2/c14-13-12(10-6-2-1-3-7-10)15-11-8-4-5-9-16(11)13/h1-9H. The van der Waals surface area contributed by atoms with Crippen molar-refractivity contribution in [1.82, 2.24) is 9.38 Å². The fraction of sp³-hybridized carbons (Fsp3) is 0. The zero-order chi connectivity index (χ0) is 11.0. The van der Waals surface area contributed by atoms with Gasteiger partial charge in [0.15, 0.2) is 0 Å². The molecule has 0 aliphatic carbocycles. The van der Waals surface area contributed by atoms with Gasteiger partial charge in [-0.05, 0) is 34.7 Å². The van der Waals surface area contributed by atoms with E-state index < -0.39 is 0 Å². The minimum atomic E-state index is 0.991. The quantitative estimate of drug-likeness (QED) is 0.626. The normalized spacial score (nSPS) is 10.8. The number of aromatic nitrogens is 2. The highest BCUT2D eigenvalue weighted by Crippen LogP contribution is 2.25. The molecule has 0 aliphatic rings. The maximum absolute atomic E-state index is 4.64. The molecule has 0 aliphatic heterocycles. The summed E-state index contributed by atoms with van der Waals surface area (Å²) in [4.78, 5) is 4.64. The van der Waals surface area contributed by atoms with Gasteiger partial charge in [-0.3, -0.25) is 4.40 Å². The van der Waals surface area contributed by atoms with Crippen LogP contribution in [0.15, 0.2) is 54.7 Å². The Balaban J connectivity index is 2.29. The summed E-state index contributed by atoms with van der Waals surface area (Å²) in [5.41, 5.74) is 3.20. The largest absolute Gasteiger partial charge is 0.294 e. The minimum absolute atomic E-state index is 0.991. The zero-order valence-corrected chi connectivity index (χ0v) is 10.6. The molecule has 0 N–H and O–H groups in total. The van der Waals surface area contributed by atoms with Crippen LogP contribution in [0.5, 0.6) is 0 Å². The van der Waals surface area contributed by atoms with Crippen molar-refractivity contribution in [3.8, 4) is 11.3 Å². The number of rotatable bonds is 1. The predicted molar refractivity (Wildman–Crippen MR) is 73.3 cm³/mol. The van der Waals surface area contributed by atoms with Gasteiger partial charge >= 0.3 is 0 Å². The zero-order valence-electron chi connectivity index (χ0n) is 8.47. The highest BCUT2D eigenvalue weighted by Gasteiger charge is 2.09. The summed E-state index contributed by atoms with van der Waals surface area (Å²) in [6.07, 6.45) is 2.04. The number of hydrogen-bond donors (Lipinski definition) is 0. The number of benzene rings is 1. The van der Waals surface area contributed by atoms with Gasteiger partial charge in [-0.15, -0.1) is 0 Å². The van der Waals surface area contributed by atoms with Gasteiger partial charge in [0, 0.05) is 11.8 Å². The first-order valence-corrected chi connectivity index (χ1v) is 6.12. The van der Waals surface area contributed by atoms with Crippen LogP contribution in [0.4, 0.5) is 0 Å². The Kier molecular flexibility index (Phi) is 2.40. The maximum Gasteiger partial charge on any atom is 0.138 e. The molecule has 0 unspecified atom stereocenters. The monoisotopic (exact) mass is 320 g/mol. The van der Waals surface area contributed by atoms with Gasteiger partial charge in [0.05, 0.1) is 0 Å². The van der Waals surface area contributed by atoms with E-state index in [4.69, 9.17) is 0 Å². The van der Waals surface area contributed by atoms with E-state index in [0.29, 0.717) is 0 Å². The fourth-order valence-electron chi connectivity index (χ4n) is 1.75. The van der Waals surface area contributed by atoms with Crippen LogP contribution < -0.4 is 0 Å². The van der Waals surface area contributed by atoms with Crippen LogP contribution in [-0.2, 0) is 0 Å². The van der Waals surface area contributed by atoms with Crippen molar-refractivity contribution in [1.29, 1.82) is 0 Å². The van der Waals surface area contributed by atoms with Crippen LogP contribution in [0, 0.1) is 3.70 Å². The van der Waals surface area contributed by atoms with E-state index in [1.807, 2.05) is 42.6 Å². The Morgan fingerprint density at radius 1 is 0.938 bits per heavy atom. The second kappa shape index (κ2) is 3.90. The first-order valence-electron chi connectivity index (χ1n) is 5.04. The van der Waals surface area contributed by atoms with Crippen LogP contribution >= 0.6 is 22.6 Å². The first kappa shape index (κ1) is 9.84. The average molecular weight is 320 g/mol. The van der Waals surface area contributed by atoms with E-state index in [1.54, 1.807) is 0 Å². The van der Waals surface area contributed by atoms with Crippen LogP contribution in [-0.4, -0.2) is 9.38 Å². The topological polar surface area (TPSA) is 17.3 Å². The van der Waals surface area contributed by atoms with Crippen molar-refractivity contribution in [2.24, 2.45) is 0 Å². The third-order valence-corrected chi connectivity index (χ3v) is 3.55. The number of imidazole rings is 1. The third-order valence-electron chi connectivity index (χ3n) is 2.52. The Hall–Kier alpha value is -1.36. The molecule has 3 aromatic rings. The lowest BCUT2D eigenvalue weighted by atomic mass is 10.2. The van der Waals surface area contributed by atoms with E-state index in [2.05, 4.69) is 44.1 Å². The lowest BCUT2D eigenvalue weighted by molar-refractivity contribution is 1.15. The fourth-order valence-corrected chi connectivity index (χ4v) is 2.59. The Morgan fingerprint density at radius 3 is 2.44 bits per heavy atom. The Labute approximate surface area is 107 Å². The van der Waals surface area contributed by atoms with E-state index in [1.165, 1.54) is 0 Å². The van der Waals surface area contributed by atoms with Crippen molar-refractivity contribution in [2.45, 2.75) is 0 Å². The van der Waals surface area contributed by atoms with Gasteiger partial charge in [-0.25, -0.2) is 4.98 Å². The number of nitrogens with zero attached hydrogens (tertiary/aromatic N) is 2. The van der Waals surface area contributed by atoms with Crippen molar-refractivity contribution >= 4 is 28.2 Å². The van der Waals surface area contributed by atoms with Gasteiger partial charge in [0.25, 0.3) is 0 Å². The minimum Gasteiger partial charge on any atom is -0.294 e. The van der Waals surface area contributed by atoms with E-state index in [0.717, 1.165) is 20.6 Å². The van der Waals surface area contributed by atoms with E-state index in [9.17, 15) is 0 Å². The third kappa shape index (κ3) is 1.51. The Bertz CT molecular complexity index is 629. The van der Waals surface area contributed by atoms with Crippen LogP contribution in [0.25, 0.3) is 16.9 Å². The molecule has 0 bridgehead atoms.